The number of nitrogens with one attached hydrogen (secondary N) is 1. The number of rotatable bonds is 6. The molecule has 0 aromatic heterocycles. The summed E-state index contributed by atoms with van der Waals surface area (Å²) in [4.78, 5) is 24.5. The van der Waals surface area contributed by atoms with E-state index in [1.54, 1.807) is 45.2 Å². The van der Waals surface area contributed by atoms with E-state index in [1.807, 2.05) is 24.3 Å². The van der Waals surface area contributed by atoms with Gasteiger partial charge in [0, 0.05) is 11.6 Å². The Hall–Kier alpha value is -2.82. The summed E-state index contributed by atoms with van der Waals surface area (Å²) in [6.07, 6.45) is 0.644. The van der Waals surface area contributed by atoms with Crippen molar-refractivity contribution in [2.45, 2.75) is 32.3 Å². The SMILES string of the molecule is COc1ccc(C2CC2C(=O)Nc2cccc(C(=O)OC(C)C)c2)cc1. The molecule has 0 saturated heterocycles. The first-order chi connectivity index (χ1) is 12.5. The van der Waals surface area contributed by atoms with Gasteiger partial charge in [-0.2, -0.15) is 0 Å². The topological polar surface area (TPSA) is 64.6 Å². The van der Waals surface area contributed by atoms with E-state index in [9.17, 15) is 9.59 Å². The average molecular weight is 353 g/mol. The maximum absolute atomic E-state index is 12.5. The Morgan fingerprint density at radius 2 is 1.85 bits per heavy atom. The summed E-state index contributed by atoms with van der Waals surface area (Å²) in [5.41, 5.74) is 2.17. The zero-order chi connectivity index (χ0) is 18.7. The van der Waals surface area contributed by atoms with Gasteiger partial charge in [0.1, 0.15) is 5.75 Å². The van der Waals surface area contributed by atoms with E-state index in [-0.39, 0.29) is 23.8 Å². The number of benzene rings is 2. The second kappa shape index (κ2) is 7.60. The van der Waals surface area contributed by atoms with Crippen molar-refractivity contribution in [1.29, 1.82) is 0 Å². The van der Waals surface area contributed by atoms with Crippen molar-refractivity contribution in [2.75, 3.05) is 12.4 Å². The van der Waals surface area contributed by atoms with Gasteiger partial charge < -0.3 is 14.8 Å². The van der Waals surface area contributed by atoms with Crippen molar-refractivity contribution >= 4 is 17.6 Å². The van der Waals surface area contributed by atoms with Gasteiger partial charge in [-0.3, -0.25) is 4.79 Å². The number of hydrogen-bond acceptors (Lipinski definition) is 4. The molecule has 1 N–H and O–H groups in total. The number of carbonyl (C=O) groups is 2. The fourth-order valence-electron chi connectivity index (χ4n) is 2.95. The van der Waals surface area contributed by atoms with Crippen LogP contribution in [0.2, 0.25) is 0 Å². The summed E-state index contributed by atoms with van der Waals surface area (Å²) in [5.74, 6) is 0.573. The van der Waals surface area contributed by atoms with Crippen molar-refractivity contribution in [3.8, 4) is 5.75 Å². The molecule has 2 aromatic rings. The van der Waals surface area contributed by atoms with Crippen molar-refractivity contribution in [2.24, 2.45) is 5.92 Å². The molecule has 2 aromatic carbocycles. The lowest BCUT2D eigenvalue weighted by molar-refractivity contribution is -0.117. The van der Waals surface area contributed by atoms with Crippen LogP contribution < -0.4 is 10.1 Å². The van der Waals surface area contributed by atoms with Crippen molar-refractivity contribution in [1.82, 2.24) is 0 Å². The van der Waals surface area contributed by atoms with Crippen LogP contribution in [-0.4, -0.2) is 25.1 Å². The third kappa shape index (κ3) is 4.23. The molecule has 2 atom stereocenters. The van der Waals surface area contributed by atoms with E-state index in [0.717, 1.165) is 17.7 Å². The minimum Gasteiger partial charge on any atom is -0.497 e. The zero-order valence-electron chi connectivity index (χ0n) is 15.2. The molecule has 136 valence electrons. The van der Waals surface area contributed by atoms with Crippen LogP contribution in [0.4, 0.5) is 5.69 Å². The quantitative estimate of drug-likeness (QED) is 0.797. The number of ether oxygens (including phenoxy) is 2. The van der Waals surface area contributed by atoms with E-state index >= 15 is 0 Å². The molecule has 1 amide bonds. The maximum atomic E-state index is 12.5. The maximum Gasteiger partial charge on any atom is 0.338 e. The molecule has 0 bridgehead atoms. The molecule has 0 aliphatic heterocycles. The van der Waals surface area contributed by atoms with Gasteiger partial charge >= 0.3 is 5.97 Å². The van der Waals surface area contributed by atoms with Crippen LogP contribution in [0.5, 0.6) is 5.75 Å². The first-order valence-electron chi connectivity index (χ1n) is 8.74. The van der Waals surface area contributed by atoms with Gasteiger partial charge in [-0.05, 0) is 62.1 Å². The van der Waals surface area contributed by atoms with Gasteiger partial charge in [0.25, 0.3) is 0 Å². The fourth-order valence-corrected chi connectivity index (χ4v) is 2.95. The van der Waals surface area contributed by atoms with Crippen LogP contribution in [0.3, 0.4) is 0 Å². The largest absolute Gasteiger partial charge is 0.497 e. The molecular weight excluding hydrogens is 330 g/mol. The lowest BCUT2D eigenvalue weighted by Crippen LogP contribution is -2.16. The van der Waals surface area contributed by atoms with Crippen molar-refractivity contribution in [3.05, 3.63) is 59.7 Å². The Morgan fingerprint density at radius 1 is 1.12 bits per heavy atom. The highest BCUT2D eigenvalue weighted by Crippen LogP contribution is 2.48. The monoisotopic (exact) mass is 353 g/mol. The molecule has 5 heteroatoms. The molecule has 1 aliphatic rings. The number of esters is 1. The summed E-state index contributed by atoms with van der Waals surface area (Å²) in [6, 6.07) is 14.7. The summed E-state index contributed by atoms with van der Waals surface area (Å²) >= 11 is 0. The minimum absolute atomic E-state index is 0.0276. The second-order valence-electron chi connectivity index (χ2n) is 6.75. The van der Waals surface area contributed by atoms with E-state index in [2.05, 4.69) is 5.32 Å². The summed E-state index contributed by atoms with van der Waals surface area (Å²) in [6.45, 7) is 3.60. The van der Waals surface area contributed by atoms with E-state index in [4.69, 9.17) is 9.47 Å². The zero-order valence-corrected chi connectivity index (χ0v) is 15.2. The van der Waals surface area contributed by atoms with Crippen LogP contribution in [0.15, 0.2) is 48.5 Å². The van der Waals surface area contributed by atoms with Gasteiger partial charge in [0.15, 0.2) is 0 Å². The lowest BCUT2D eigenvalue weighted by Gasteiger charge is -2.10. The smallest absolute Gasteiger partial charge is 0.338 e. The molecular formula is C21H23NO4. The molecule has 1 aliphatic carbocycles. The molecule has 5 nitrogen and oxygen atoms in total. The van der Waals surface area contributed by atoms with Crippen molar-refractivity contribution < 1.29 is 19.1 Å². The van der Waals surface area contributed by atoms with Crippen LogP contribution >= 0.6 is 0 Å². The van der Waals surface area contributed by atoms with Gasteiger partial charge in [0.2, 0.25) is 5.91 Å². The molecule has 1 saturated carbocycles. The van der Waals surface area contributed by atoms with Gasteiger partial charge in [-0.25, -0.2) is 4.79 Å². The average Bonchev–Trinajstić information content (AvgIpc) is 3.42. The molecule has 0 spiro atoms. The second-order valence-corrected chi connectivity index (χ2v) is 6.75. The van der Waals surface area contributed by atoms with Gasteiger partial charge in [0.05, 0.1) is 18.8 Å². The summed E-state index contributed by atoms with van der Waals surface area (Å²) in [7, 11) is 1.63. The Bertz CT molecular complexity index is 798. The Balaban J connectivity index is 1.61. The normalized spacial score (nSPS) is 18.3. The molecule has 1 fully saturated rings. The summed E-state index contributed by atoms with van der Waals surface area (Å²) in [5, 5.41) is 2.90. The predicted octanol–water partition coefficient (Wildman–Crippen LogP) is 4.00. The number of amides is 1. The Morgan fingerprint density at radius 3 is 2.50 bits per heavy atom. The molecule has 3 rings (SSSR count). The number of hydrogen-bond donors (Lipinski definition) is 1. The van der Waals surface area contributed by atoms with E-state index < -0.39 is 5.97 Å². The lowest BCUT2D eigenvalue weighted by atomic mass is 10.1. The van der Waals surface area contributed by atoms with E-state index in [1.165, 1.54) is 0 Å². The Labute approximate surface area is 153 Å². The van der Waals surface area contributed by atoms with Crippen LogP contribution in [-0.2, 0) is 9.53 Å². The van der Waals surface area contributed by atoms with E-state index in [0.29, 0.717) is 11.3 Å². The molecule has 0 heterocycles. The molecule has 26 heavy (non-hydrogen) atoms. The predicted molar refractivity (Wildman–Crippen MR) is 99.5 cm³/mol. The summed E-state index contributed by atoms with van der Waals surface area (Å²) < 4.78 is 10.3. The van der Waals surface area contributed by atoms with Crippen LogP contribution in [0, 0.1) is 5.92 Å². The third-order valence-corrected chi connectivity index (χ3v) is 4.38. The first kappa shape index (κ1) is 18.0. The van der Waals surface area contributed by atoms with Gasteiger partial charge in [-0.1, -0.05) is 18.2 Å². The van der Waals surface area contributed by atoms with Crippen LogP contribution in [0.25, 0.3) is 0 Å². The first-order valence-corrected chi connectivity index (χ1v) is 8.74. The number of carbonyl (C=O) groups excluding carboxylic acids is 2. The molecule has 2 unspecified atom stereocenters. The van der Waals surface area contributed by atoms with Crippen molar-refractivity contribution in [3.63, 3.8) is 0 Å². The highest BCUT2D eigenvalue weighted by molar-refractivity contribution is 5.97. The van der Waals surface area contributed by atoms with Crippen LogP contribution in [0.1, 0.15) is 42.1 Å². The molecule has 0 radical (unpaired) electrons. The highest BCUT2D eigenvalue weighted by atomic mass is 16.5. The third-order valence-electron chi connectivity index (χ3n) is 4.38. The fraction of sp³-hybridized carbons (Fsp3) is 0.333. The standard InChI is InChI=1S/C21H23NO4/c1-13(2)26-21(24)15-5-4-6-16(11-15)22-20(23)19-12-18(19)14-7-9-17(25-3)10-8-14/h4-11,13,18-19H,12H2,1-3H3,(H,22,23). The number of methoxy groups -OCH3 is 1. The Kier molecular flexibility index (Phi) is 5.26. The van der Waals surface area contributed by atoms with Gasteiger partial charge in [-0.15, -0.1) is 0 Å². The highest BCUT2D eigenvalue weighted by Gasteiger charge is 2.43. The minimum atomic E-state index is -0.390. The number of anilines is 1.